The van der Waals surface area contributed by atoms with Crippen molar-refractivity contribution in [1.29, 1.82) is 0 Å². The van der Waals surface area contributed by atoms with Gasteiger partial charge < -0.3 is 19.3 Å². The predicted octanol–water partition coefficient (Wildman–Crippen LogP) is 4.94. The van der Waals surface area contributed by atoms with Gasteiger partial charge in [-0.25, -0.2) is 4.98 Å². The molecule has 34 heavy (non-hydrogen) atoms. The third-order valence-electron chi connectivity index (χ3n) is 5.60. The number of hydrogen-bond donors (Lipinski definition) is 1. The zero-order valence-corrected chi connectivity index (χ0v) is 20.6. The Morgan fingerprint density at radius 3 is 2.41 bits per heavy atom. The molecule has 3 aromatic rings. The highest BCUT2D eigenvalue weighted by Gasteiger charge is 2.45. The maximum Gasteiger partial charge on any atom is 0.295 e. The van der Waals surface area contributed by atoms with Crippen molar-refractivity contribution in [3.05, 3.63) is 88.4 Å². The summed E-state index contributed by atoms with van der Waals surface area (Å²) in [7, 11) is 0. The third-order valence-corrected chi connectivity index (χ3v) is 6.13. The van der Waals surface area contributed by atoms with Crippen LogP contribution in [0.15, 0.2) is 77.3 Å². The van der Waals surface area contributed by atoms with Crippen molar-refractivity contribution in [1.82, 2.24) is 14.5 Å². The number of aryl methyl sites for hydroxylation is 1. The SMILES string of the molecule is CC(C)Oc1ccc(/C(O)=C2/C(=O)C(=O)N(CCCn3ccnc3)C2c2ccc(Br)cc2)cc1. The fourth-order valence-corrected chi connectivity index (χ4v) is 4.33. The molecule has 1 N–H and O–H groups in total. The first-order valence-corrected chi connectivity index (χ1v) is 11.9. The van der Waals surface area contributed by atoms with E-state index in [4.69, 9.17) is 4.74 Å². The van der Waals surface area contributed by atoms with Gasteiger partial charge in [0.25, 0.3) is 11.7 Å². The number of Topliss-reactive ketones (excluding diaryl/α,β-unsaturated/α-hetero) is 1. The first-order valence-electron chi connectivity index (χ1n) is 11.1. The number of hydrogen-bond acceptors (Lipinski definition) is 5. The van der Waals surface area contributed by atoms with Crippen molar-refractivity contribution < 1.29 is 19.4 Å². The van der Waals surface area contributed by atoms with Crippen LogP contribution < -0.4 is 4.74 Å². The lowest BCUT2D eigenvalue weighted by Crippen LogP contribution is -2.31. The molecule has 1 amide bonds. The Kier molecular flexibility index (Phi) is 7.17. The number of likely N-dealkylation sites (tertiary alicyclic amines) is 1. The van der Waals surface area contributed by atoms with E-state index in [1.165, 1.54) is 0 Å². The molecule has 1 aromatic heterocycles. The third kappa shape index (κ3) is 5.07. The van der Waals surface area contributed by atoms with Crippen molar-refractivity contribution in [3.63, 3.8) is 0 Å². The molecular formula is C26H26BrN3O4. The molecule has 0 radical (unpaired) electrons. The maximum absolute atomic E-state index is 13.1. The number of rotatable bonds is 8. The first kappa shape index (κ1) is 23.8. The number of carbonyl (C=O) groups excluding carboxylic acids is 2. The summed E-state index contributed by atoms with van der Waals surface area (Å²) in [6.45, 7) is 4.88. The lowest BCUT2D eigenvalue weighted by molar-refractivity contribution is -0.139. The Bertz CT molecular complexity index is 1190. The molecule has 1 atom stereocenters. The van der Waals surface area contributed by atoms with E-state index in [9.17, 15) is 14.7 Å². The molecule has 176 valence electrons. The van der Waals surface area contributed by atoms with Crippen molar-refractivity contribution in [2.75, 3.05) is 6.54 Å². The van der Waals surface area contributed by atoms with E-state index >= 15 is 0 Å². The van der Waals surface area contributed by atoms with Gasteiger partial charge in [-0.3, -0.25) is 9.59 Å². The number of halogens is 1. The minimum absolute atomic E-state index is 0.0181. The molecule has 0 saturated carbocycles. The number of aliphatic hydroxyl groups is 1. The lowest BCUT2D eigenvalue weighted by atomic mass is 9.95. The topological polar surface area (TPSA) is 84.7 Å². The Hall–Kier alpha value is -3.39. The van der Waals surface area contributed by atoms with Gasteiger partial charge in [0.1, 0.15) is 11.5 Å². The van der Waals surface area contributed by atoms with E-state index in [1.54, 1.807) is 41.7 Å². The van der Waals surface area contributed by atoms with Gasteiger partial charge in [0.2, 0.25) is 0 Å². The van der Waals surface area contributed by atoms with E-state index in [1.807, 2.05) is 48.9 Å². The number of aromatic nitrogens is 2. The Morgan fingerprint density at radius 2 is 1.79 bits per heavy atom. The molecule has 1 aliphatic rings. The zero-order chi connectivity index (χ0) is 24.2. The van der Waals surface area contributed by atoms with Crippen molar-refractivity contribution >= 4 is 33.4 Å². The highest BCUT2D eigenvalue weighted by molar-refractivity contribution is 9.10. The maximum atomic E-state index is 13.1. The molecule has 0 bridgehead atoms. The lowest BCUT2D eigenvalue weighted by Gasteiger charge is -2.25. The second kappa shape index (κ2) is 10.3. The van der Waals surface area contributed by atoms with Gasteiger partial charge in [0, 0.05) is 35.5 Å². The molecule has 7 nitrogen and oxygen atoms in total. The van der Waals surface area contributed by atoms with E-state index in [2.05, 4.69) is 20.9 Å². The molecule has 0 spiro atoms. The summed E-state index contributed by atoms with van der Waals surface area (Å²) in [6.07, 6.45) is 5.92. The smallest absolute Gasteiger partial charge is 0.295 e. The summed E-state index contributed by atoms with van der Waals surface area (Å²) in [4.78, 5) is 31.8. The van der Waals surface area contributed by atoms with Crippen LogP contribution in [0.3, 0.4) is 0 Å². The van der Waals surface area contributed by atoms with Gasteiger partial charge in [0.05, 0.1) is 24.0 Å². The molecule has 1 fully saturated rings. The standard InChI is InChI=1S/C26H26BrN3O4/c1-17(2)34-21-10-6-19(7-11-21)24(31)22-23(18-4-8-20(27)9-5-18)30(26(33)25(22)32)14-3-13-29-15-12-28-16-29/h4-12,15-17,23,31H,3,13-14H2,1-2H3/b24-22-. The summed E-state index contributed by atoms with van der Waals surface area (Å²) in [5.74, 6) is -0.828. The van der Waals surface area contributed by atoms with Crippen LogP contribution in [0.4, 0.5) is 0 Å². The van der Waals surface area contributed by atoms with E-state index in [0.717, 1.165) is 10.0 Å². The summed E-state index contributed by atoms with van der Waals surface area (Å²) in [6, 6.07) is 13.6. The number of amides is 1. The first-order chi connectivity index (χ1) is 16.3. The van der Waals surface area contributed by atoms with Crippen LogP contribution in [0.25, 0.3) is 5.76 Å². The second-order valence-electron chi connectivity index (χ2n) is 8.39. The summed E-state index contributed by atoms with van der Waals surface area (Å²) in [5.41, 5.74) is 1.30. The van der Waals surface area contributed by atoms with E-state index < -0.39 is 17.7 Å². The predicted molar refractivity (Wildman–Crippen MR) is 132 cm³/mol. The molecule has 4 rings (SSSR count). The van der Waals surface area contributed by atoms with E-state index in [-0.39, 0.29) is 17.4 Å². The van der Waals surface area contributed by atoms with Gasteiger partial charge in [-0.2, -0.15) is 0 Å². The number of ketones is 1. The highest BCUT2D eigenvalue weighted by atomic mass is 79.9. The van der Waals surface area contributed by atoms with Crippen LogP contribution in [0.5, 0.6) is 5.75 Å². The zero-order valence-electron chi connectivity index (χ0n) is 19.0. The molecule has 2 heterocycles. The number of imidazole rings is 1. The minimum Gasteiger partial charge on any atom is -0.507 e. The summed E-state index contributed by atoms with van der Waals surface area (Å²) < 4.78 is 8.47. The van der Waals surface area contributed by atoms with Crippen molar-refractivity contribution in [3.8, 4) is 5.75 Å². The largest absolute Gasteiger partial charge is 0.507 e. The fourth-order valence-electron chi connectivity index (χ4n) is 4.06. The van der Waals surface area contributed by atoms with Crippen molar-refractivity contribution in [2.24, 2.45) is 0 Å². The van der Waals surface area contributed by atoms with Crippen LogP contribution >= 0.6 is 15.9 Å². The van der Waals surface area contributed by atoms with Crippen LogP contribution in [-0.4, -0.2) is 43.9 Å². The van der Waals surface area contributed by atoms with Gasteiger partial charge in [0.15, 0.2) is 0 Å². The van der Waals surface area contributed by atoms with E-state index in [0.29, 0.717) is 30.8 Å². The fraction of sp³-hybridized carbons (Fsp3) is 0.269. The van der Waals surface area contributed by atoms with Crippen LogP contribution in [0, 0.1) is 0 Å². The number of aliphatic hydroxyl groups excluding tert-OH is 1. The number of carbonyl (C=O) groups is 2. The molecular weight excluding hydrogens is 498 g/mol. The Labute approximate surface area is 206 Å². The quantitative estimate of drug-likeness (QED) is 0.256. The summed E-state index contributed by atoms with van der Waals surface area (Å²) in [5, 5.41) is 11.2. The minimum atomic E-state index is -0.685. The van der Waals surface area contributed by atoms with Crippen LogP contribution in [0.1, 0.15) is 37.4 Å². The second-order valence-corrected chi connectivity index (χ2v) is 9.30. The van der Waals surface area contributed by atoms with Crippen LogP contribution in [-0.2, 0) is 16.1 Å². The molecule has 2 aromatic carbocycles. The van der Waals surface area contributed by atoms with Crippen molar-refractivity contribution in [2.45, 2.75) is 39.0 Å². The monoisotopic (exact) mass is 523 g/mol. The molecule has 1 saturated heterocycles. The van der Waals surface area contributed by atoms with Gasteiger partial charge >= 0.3 is 0 Å². The highest BCUT2D eigenvalue weighted by Crippen LogP contribution is 2.40. The van der Waals surface area contributed by atoms with Gasteiger partial charge in [-0.05, 0) is 62.2 Å². The average Bonchev–Trinajstić information content (AvgIpc) is 3.42. The van der Waals surface area contributed by atoms with Crippen LogP contribution in [0.2, 0.25) is 0 Å². The van der Waals surface area contributed by atoms with Gasteiger partial charge in [-0.15, -0.1) is 0 Å². The van der Waals surface area contributed by atoms with Gasteiger partial charge in [-0.1, -0.05) is 28.1 Å². The molecule has 1 aliphatic heterocycles. The molecule has 1 unspecified atom stereocenters. The molecule has 0 aliphatic carbocycles. The number of ether oxygens (including phenoxy) is 1. The normalized spacial score (nSPS) is 17.5. The summed E-state index contributed by atoms with van der Waals surface area (Å²) >= 11 is 3.43. The molecule has 8 heteroatoms. The average molecular weight is 524 g/mol. The Morgan fingerprint density at radius 1 is 1.09 bits per heavy atom. The number of benzene rings is 2. The number of nitrogens with zero attached hydrogens (tertiary/aromatic N) is 3. The Balaban J connectivity index is 1.69.